The van der Waals surface area contributed by atoms with E-state index in [4.69, 9.17) is 4.74 Å². The minimum Gasteiger partial charge on any atom is -0.490 e. The first-order valence-electron chi connectivity index (χ1n) is 4.73. The lowest BCUT2D eigenvalue weighted by Gasteiger charge is -2.07. The van der Waals surface area contributed by atoms with E-state index in [0.717, 1.165) is 0 Å². The Hall–Kier alpha value is -1.24. The van der Waals surface area contributed by atoms with E-state index in [-0.39, 0.29) is 6.61 Å². The Kier molecular flexibility index (Phi) is 4.60. The van der Waals surface area contributed by atoms with Crippen molar-refractivity contribution in [3.63, 3.8) is 0 Å². The van der Waals surface area contributed by atoms with Crippen LogP contribution in [0.15, 0.2) is 12.4 Å². The van der Waals surface area contributed by atoms with Crippen LogP contribution in [-0.2, 0) is 11.8 Å². The van der Waals surface area contributed by atoms with Crippen LogP contribution in [0, 0.1) is 0 Å². The van der Waals surface area contributed by atoms with Gasteiger partial charge in [-0.1, -0.05) is 0 Å². The quantitative estimate of drug-likeness (QED) is 0.708. The second-order valence-corrected chi connectivity index (χ2v) is 3.22. The molecule has 0 unspecified atom stereocenters. The molecule has 0 aliphatic heterocycles. The molecular weight excluding hydrogens is 225 g/mol. The van der Waals surface area contributed by atoms with Crippen molar-refractivity contribution in [1.29, 1.82) is 0 Å². The highest BCUT2D eigenvalue weighted by Crippen LogP contribution is 2.14. The summed E-state index contributed by atoms with van der Waals surface area (Å²) >= 11 is 0. The van der Waals surface area contributed by atoms with Crippen LogP contribution in [0.25, 0.3) is 0 Å². The van der Waals surface area contributed by atoms with Crippen molar-refractivity contribution in [3.05, 3.63) is 12.4 Å². The first kappa shape index (κ1) is 12.8. The predicted molar refractivity (Wildman–Crippen MR) is 50.2 cm³/mol. The van der Waals surface area contributed by atoms with Crippen molar-refractivity contribution in [1.82, 2.24) is 9.78 Å². The second-order valence-electron chi connectivity index (χ2n) is 3.22. The summed E-state index contributed by atoms with van der Waals surface area (Å²) in [5.41, 5.74) is 0. The Morgan fingerprint density at radius 2 is 2.12 bits per heavy atom. The third-order valence-electron chi connectivity index (χ3n) is 1.65. The molecule has 0 aromatic carbocycles. The Labute approximate surface area is 91.0 Å². The Bertz CT molecular complexity index is 312. The molecule has 0 saturated heterocycles. The van der Waals surface area contributed by atoms with Gasteiger partial charge >= 0.3 is 6.18 Å². The topological polar surface area (TPSA) is 36.3 Å². The minimum atomic E-state index is -4.26. The first-order valence-corrected chi connectivity index (χ1v) is 4.73. The Morgan fingerprint density at radius 3 is 2.69 bits per heavy atom. The van der Waals surface area contributed by atoms with E-state index in [0.29, 0.717) is 18.8 Å². The SMILES string of the molecule is Cn1cc(OCCCOCC(F)(F)F)cn1. The number of alkyl halides is 3. The van der Waals surface area contributed by atoms with Gasteiger partial charge in [-0.2, -0.15) is 18.3 Å². The number of halogens is 3. The fourth-order valence-electron chi connectivity index (χ4n) is 1.01. The molecule has 7 heteroatoms. The highest BCUT2D eigenvalue weighted by atomic mass is 19.4. The van der Waals surface area contributed by atoms with Crippen molar-refractivity contribution in [2.24, 2.45) is 7.05 Å². The molecule has 0 aliphatic carbocycles. The summed E-state index contributed by atoms with van der Waals surface area (Å²) in [6.07, 6.45) is -0.637. The van der Waals surface area contributed by atoms with Gasteiger partial charge in [-0.15, -0.1) is 0 Å². The fraction of sp³-hybridized carbons (Fsp3) is 0.667. The van der Waals surface area contributed by atoms with E-state index in [2.05, 4.69) is 9.84 Å². The predicted octanol–water partition coefficient (Wildman–Crippen LogP) is 1.77. The summed E-state index contributed by atoms with van der Waals surface area (Å²) in [6, 6.07) is 0. The largest absolute Gasteiger partial charge is 0.490 e. The lowest BCUT2D eigenvalue weighted by molar-refractivity contribution is -0.174. The summed E-state index contributed by atoms with van der Waals surface area (Å²) < 4.78 is 46.2. The van der Waals surface area contributed by atoms with Gasteiger partial charge < -0.3 is 9.47 Å². The molecule has 0 saturated carbocycles. The highest BCUT2D eigenvalue weighted by molar-refractivity contribution is 5.10. The maximum Gasteiger partial charge on any atom is 0.411 e. The van der Waals surface area contributed by atoms with Crippen LogP contribution in [-0.4, -0.2) is 35.8 Å². The van der Waals surface area contributed by atoms with Crippen molar-refractivity contribution < 1.29 is 22.6 Å². The molecule has 0 radical (unpaired) electrons. The zero-order valence-electron chi connectivity index (χ0n) is 8.83. The molecule has 0 spiro atoms. The third kappa shape index (κ3) is 5.59. The molecule has 0 atom stereocenters. The molecular formula is C9H13F3N2O2. The molecule has 1 heterocycles. The number of aryl methyl sites for hydroxylation is 1. The van der Waals surface area contributed by atoms with Crippen LogP contribution >= 0.6 is 0 Å². The number of aromatic nitrogens is 2. The molecule has 0 aliphatic rings. The van der Waals surface area contributed by atoms with E-state index < -0.39 is 12.8 Å². The summed E-state index contributed by atoms with van der Waals surface area (Å²) in [5, 5.41) is 3.88. The van der Waals surface area contributed by atoms with Crippen molar-refractivity contribution in [2.75, 3.05) is 19.8 Å². The van der Waals surface area contributed by atoms with Gasteiger partial charge in [-0.05, 0) is 0 Å². The van der Waals surface area contributed by atoms with Gasteiger partial charge in [0.2, 0.25) is 0 Å². The highest BCUT2D eigenvalue weighted by Gasteiger charge is 2.27. The zero-order chi connectivity index (χ0) is 12.0. The van der Waals surface area contributed by atoms with E-state index in [1.54, 1.807) is 17.9 Å². The van der Waals surface area contributed by atoms with Gasteiger partial charge in [-0.3, -0.25) is 4.68 Å². The van der Waals surface area contributed by atoms with Crippen LogP contribution < -0.4 is 4.74 Å². The van der Waals surface area contributed by atoms with Gasteiger partial charge in [0, 0.05) is 13.5 Å². The molecule has 0 amide bonds. The third-order valence-corrected chi connectivity index (χ3v) is 1.65. The average Bonchev–Trinajstić information content (AvgIpc) is 2.56. The molecule has 1 aromatic rings. The number of hydrogen-bond acceptors (Lipinski definition) is 3. The Balaban J connectivity index is 2.00. The molecule has 92 valence electrons. The normalized spacial score (nSPS) is 11.8. The number of hydrogen-bond donors (Lipinski definition) is 0. The van der Waals surface area contributed by atoms with E-state index in [9.17, 15) is 13.2 Å². The molecule has 0 bridgehead atoms. The Morgan fingerprint density at radius 1 is 1.38 bits per heavy atom. The molecule has 1 rings (SSSR count). The maximum atomic E-state index is 11.7. The van der Waals surface area contributed by atoms with Gasteiger partial charge in [0.25, 0.3) is 0 Å². The minimum absolute atomic E-state index is 0.0276. The average molecular weight is 238 g/mol. The van der Waals surface area contributed by atoms with Gasteiger partial charge in [0.15, 0.2) is 5.75 Å². The van der Waals surface area contributed by atoms with Gasteiger partial charge in [0.1, 0.15) is 6.61 Å². The number of nitrogens with zero attached hydrogens (tertiary/aromatic N) is 2. The summed E-state index contributed by atoms with van der Waals surface area (Å²) in [6.45, 7) is -0.872. The van der Waals surface area contributed by atoms with Crippen molar-refractivity contribution >= 4 is 0 Å². The molecule has 16 heavy (non-hydrogen) atoms. The zero-order valence-corrected chi connectivity index (χ0v) is 8.83. The summed E-state index contributed by atoms with van der Waals surface area (Å²) in [5.74, 6) is 0.596. The van der Waals surface area contributed by atoms with Crippen LogP contribution in [0.5, 0.6) is 5.75 Å². The van der Waals surface area contributed by atoms with Crippen molar-refractivity contribution in [3.8, 4) is 5.75 Å². The first-order chi connectivity index (χ1) is 7.47. The second kappa shape index (κ2) is 5.74. The van der Waals surface area contributed by atoms with Crippen molar-refractivity contribution in [2.45, 2.75) is 12.6 Å². The standard InChI is InChI=1S/C9H13F3N2O2/c1-14-6-8(5-13-14)16-4-2-3-15-7-9(10,11)12/h5-6H,2-4,7H2,1H3. The van der Waals surface area contributed by atoms with Crippen LogP contribution in [0.3, 0.4) is 0 Å². The lowest BCUT2D eigenvalue weighted by Crippen LogP contribution is -2.18. The van der Waals surface area contributed by atoms with Gasteiger partial charge in [0.05, 0.1) is 25.6 Å². The van der Waals surface area contributed by atoms with Crippen LogP contribution in [0.2, 0.25) is 0 Å². The van der Waals surface area contributed by atoms with Gasteiger partial charge in [-0.25, -0.2) is 0 Å². The number of ether oxygens (including phenoxy) is 2. The van der Waals surface area contributed by atoms with Crippen LogP contribution in [0.1, 0.15) is 6.42 Å². The molecule has 0 N–H and O–H groups in total. The molecule has 4 nitrogen and oxygen atoms in total. The maximum absolute atomic E-state index is 11.7. The fourth-order valence-corrected chi connectivity index (χ4v) is 1.01. The van der Waals surface area contributed by atoms with Crippen LogP contribution in [0.4, 0.5) is 13.2 Å². The molecule has 1 aromatic heterocycles. The van der Waals surface area contributed by atoms with E-state index >= 15 is 0 Å². The summed E-state index contributed by atoms with van der Waals surface area (Å²) in [4.78, 5) is 0. The lowest BCUT2D eigenvalue weighted by atomic mass is 10.5. The molecule has 0 fully saturated rings. The van der Waals surface area contributed by atoms with E-state index in [1.807, 2.05) is 0 Å². The van der Waals surface area contributed by atoms with E-state index in [1.165, 1.54) is 6.20 Å². The monoisotopic (exact) mass is 238 g/mol. The number of rotatable bonds is 6. The smallest absolute Gasteiger partial charge is 0.411 e. The summed E-state index contributed by atoms with van der Waals surface area (Å²) in [7, 11) is 1.75.